The van der Waals surface area contributed by atoms with Crippen LogP contribution in [0.3, 0.4) is 0 Å². The van der Waals surface area contributed by atoms with Crippen molar-refractivity contribution in [3.63, 3.8) is 0 Å². The fourth-order valence-corrected chi connectivity index (χ4v) is 2.61. The summed E-state index contributed by atoms with van der Waals surface area (Å²) in [5, 5.41) is 3.51. The van der Waals surface area contributed by atoms with E-state index in [2.05, 4.69) is 12.2 Å². The summed E-state index contributed by atoms with van der Waals surface area (Å²) in [6.07, 6.45) is 5.38. The third-order valence-corrected chi connectivity index (χ3v) is 3.68. The highest BCUT2D eigenvalue weighted by Gasteiger charge is 2.21. The van der Waals surface area contributed by atoms with E-state index in [-0.39, 0.29) is 5.82 Å². The topological polar surface area (TPSA) is 12.0 Å². The highest BCUT2D eigenvalue weighted by molar-refractivity contribution is 5.51. The van der Waals surface area contributed by atoms with Crippen LogP contribution in [0.25, 0.3) is 0 Å². The van der Waals surface area contributed by atoms with Crippen LogP contribution in [0.2, 0.25) is 0 Å². The minimum absolute atomic E-state index is 0.156. The molecule has 1 atom stereocenters. The number of hydrogen-bond acceptors (Lipinski definition) is 1. The van der Waals surface area contributed by atoms with Gasteiger partial charge in [-0.15, -0.1) is 0 Å². The second kappa shape index (κ2) is 4.86. The van der Waals surface area contributed by atoms with Crippen LogP contribution in [0.5, 0.6) is 0 Å². The molecule has 1 unspecified atom stereocenters. The first-order valence-electron chi connectivity index (χ1n) is 6.19. The first kappa shape index (κ1) is 11.4. The summed E-state index contributed by atoms with van der Waals surface area (Å²) in [7, 11) is 0. The van der Waals surface area contributed by atoms with Crippen LogP contribution < -0.4 is 5.32 Å². The Bertz CT molecular complexity index is 356. The first-order chi connectivity index (χ1) is 7.66. The van der Waals surface area contributed by atoms with Crippen molar-refractivity contribution in [1.29, 1.82) is 0 Å². The van der Waals surface area contributed by atoms with Crippen LogP contribution in [0.4, 0.5) is 10.1 Å². The number of aryl methyl sites for hydroxylation is 1. The Labute approximate surface area is 97.1 Å². The number of anilines is 1. The van der Waals surface area contributed by atoms with Gasteiger partial charge in [-0.25, -0.2) is 4.39 Å². The molecule has 2 heteroatoms. The third kappa shape index (κ3) is 2.55. The van der Waals surface area contributed by atoms with E-state index in [1.54, 1.807) is 6.07 Å². The SMILES string of the molecule is Cc1cc(F)ccc1NC(C)C1CCCC1. The molecule has 0 radical (unpaired) electrons. The Hall–Kier alpha value is -1.05. The van der Waals surface area contributed by atoms with Crippen LogP contribution in [0, 0.1) is 18.7 Å². The van der Waals surface area contributed by atoms with Crippen molar-refractivity contribution in [3.05, 3.63) is 29.6 Å². The van der Waals surface area contributed by atoms with Gasteiger partial charge in [-0.05, 0) is 56.4 Å². The van der Waals surface area contributed by atoms with E-state index >= 15 is 0 Å². The number of halogens is 1. The van der Waals surface area contributed by atoms with Gasteiger partial charge in [-0.1, -0.05) is 12.8 Å². The van der Waals surface area contributed by atoms with Gasteiger partial charge in [0.15, 0.2) is 0 Å². The lowest BCUT2D eigenvalue weighted by Crippen LogP contribution is -2.24. The minimum Gasteiger partial charge on any atom is -0.382 e. The van der Waals surface area contributed by atoms with E-state index in [0.717, 1.165) is 17.2 Å². The molecule has 1 saturated carbocycles. The lowest BCUT2D eigenvalue weighted by atomic mass is 9.99. The Morgan fingerprint density at radius 1 is 1.31 bits per heavy atom. The molecule has 1 N–H and O–H groups in total. The zero-order valence-corrected chi connectivity index (χ0v) is 10.1. The molecule has 0 amide bonds. The fraction of sp³-hybridized carbons (Fsp3) is 0.571. The quantitative estimate of drug-likeness (QED) is 0.809. The smallest absolute Gasteiger partial charge is 0.123 e. The van der Waals surface area contributed by atoms with Crippen LogP contribution in [0.15, 0.2) is 18.2 Å². The summed E-state index contributed by atoms with van der Waals surface area (Å²) in [4.78, 5) is 0. The van der Waals surface area contributed by atoms with Gasteiger partial charge in [0.05, 0.1) is 0 Å². The lowest BCUT2D eigenvalue weighted by molar-refractivity contribution is 0.482. The van der Waals surface area contributed by atoms with Crippen molar-refractivity contribution in [3.8, 4) is 0 Å². The van der Waals surface area contributed by atoms with Crippen molar-refractivity contribution in [2.45, 2.75) is 45.6 Å². The van der Waals surface area contributed by atoms with Crippen molar-refractivity contribution in [2.24, 2.45) is 5.92 Å². The lowest BCUT2D eigenvalue weighted by Gasteiger charge is -2.22. The van der Waals surface area contributed by atoms with Crippen LogP contribution in [0.1, 0.15) is 38.2 Å². The molecule has 0 heterocycles. The largest absolute Gasteiger partial charge is 0.382 e. The predicted octanol–water partition coefficient (Wildman–Crippen LogP) is 4.12. The first-order valence-corrected chi connectivity index (χ1v) is 6.19. The van der Waals surface area contributed by atoms with Gasteiger partial charge in [0, 0.05) is 11.7 Å². The summed E-state index contributed by atoms with van der Waals surface area (Å²) in [5.74, 6) is 0.626. The molecule has 1 aliphatic carbocycles. The van der Waals surface area contributed by atoms with Crippen molar-refractivity contribution in [2.75, 3.05) is 5.32 Å². The van der Waals surface area contributed by atoms with E-state index in [9.17, 15) is 4.39 Å². The zero-order valence-electron chi connectivity index (χ0n) is 10.1. The highest BCUT2D eigenvalue weighted by Crippen LogP contribution is 2.29. The maximum atomic E-state index is 13.0. The Balaban J connectivity index is 2.02. The number of rotatable bonds is 3. The number of benzene rings is 1. The van der Waals surface area contributed by atoms with Gasteiger partial charge in [0.25, 0.3) is 0 Å². The Morgan fingerprint density at radius 2 is 2.00 bits per heavy atom. The number of hydrogen-bond donors (Lipinski definition) is 1. The minimum atomic E-state index is -0.156. The monoisotopic (exact) mass is 221 g/mol. The van der Waals surface area contributed by atoms with E-state index in [1.165, 1.54) is 31.7 Å². The molecule has 88 valence electrons. The fourth-order valence-electron chi connectivity index (χ4n) is 2.61. The molecule has 0 aliphatic heterocycles. The average Bonchev–Trinajstić information content (AvgIpc) is 2.75. The van der Waals surface area contributed by atoms with Crippen LogP contribution >= 0.6 is 0 Å². The predicted molar refractivity (Wildman–Crippen MR) is 66.2 cm³/mol. The van der Waals surface area contributed by atoms with E-state index in [4.69, 9.17) is 0 Å². The molecule has 1 aliphatic rings. The molecule has 1 aromatic carbocycles. The van der Waals surface area contributed by atoms with Crippen molar-refractivity contribution < 1.29 is 4.39 Å². The third-order valence-electron chi connectivity index (χ3n) is 3.68. The summed E-state index contributed by atoms with van der Waals surface area (Å²) >= 11 is 0. The van der Waals surface area contributed by atoms with Crippen molar-refractivity contribution in [1.82, 2.24) is 0 Å². The summed E-state index contributed by atoms with van der Waals surface area (Å²) < 4.78 is 13.0. The molecule has 2 rings (SSSR count). The maximum absolute atomic E-state index is 13.0. The standard InChI is InChI=1S/C14H20FN/c1-10-9-13(15)7-8-14(10)16-11(2)12-5-3-4-6-12/h7-9,11-12,16H,3-6H2,1-2H3. The van der Waals surface area contributed by atoms with Gasteiger partial charge in [-0.2, -0.15) is 0 Å². The molecule has 0 bridgehead atoms. The van der Waals surface area contributed by atoms with Crippen LogP contribution in [-0.2, 0) is 0 Å². The molecular weight excluding hydrogens is 201 g/mol. The van der Waals surface area contributed by atoms with E-state index in [0.29, 0.717) is 6.04 Å². The Morgan fingerprint density at radius 3 is 2.62 bits per heavy atom. The highest BCUT2D eigenvalue weighted by atomic mass is 19.1. The summed E-state index contributed by atoms with van der Waals surface area (Å²) in [6.45, 7) is 4.19. The second-order valence-corrected chi connectivity index (χ2v) is 4.94. The van der Waals surface area contributed by atoms with E-state index < -0.39 is 0 Å². The molecule has 1 nitrogen and oxygen atoms in total. The number of nitrogens with one attached hydrogen (secondary N) is 1. The molecule has 0 spiro atoms. The summed E-state index contributed by atoms with van der Waals surface area (Å²) in [6, 6.07) is 5.45. The zero-order chi connectivity index (χ0) is 11.5. The normalized spacial score (nSPS) is 18.7. The van der Waals surface area contributed by atoms with Gasteiger partial charge in [0.2, 0.25) is 0 Å². The molecule has 16 heavy (non-hydrogen) atoms. The van der Waals surface area contributed by atoms with Crippen LogP contribution in [-0.4, -0.2) is 6.04 Å². The average molecular weight is 221 g/mol. The molecule has 0 aromatic heterocycles. The van der Waals surface area contributed by atoms with Crippen molar-refractivity contribution >= 4 is 5.69 Å². The second-order valence-electron chi connectivity index (χ2n) is 4.94. The van der Waals surface area contributed by atoms with E-state index in [1.807, 2.05) is 13.0 Å². The van der Waals surface area contributed by atoms with Gasteiger partial charge in [-0.3, -0.25) is 0 Å². The Kier molecular flexibility index (Phi) is 3.47. The maximum Gasteiger partial charge on any atom is 0.123 e. The summed E-state index contributed by atoms with van der Waals surface area (Å²) in [5.41, 5.74) is 2.06. The van der Waals surface area contributed by atoms with Gasteiger partial charge < -0.3 is 5.32 Å². The molecule has 0 saturated heterocycles. The molecular formula is C14H20FN. The molecule has 1 aromatic rings. The molecule has 1 fully saturated rings. The van der Waals surface area contributed by atoms with Gasteiger partial charge in [0.1, 0.15) is 5.82 Å². The van der Waals surface area contributed by atoms with Gasteiger partial charge >= 0.3 is 0 Å².